The molecule has 1 fully saturated rings. The Bertz CT molecular complexity index is 894. The number of carbonyl (C=O) groups excluding carboxylic acids is 2. The first kappa shape index (κ1) is 22.1. The van der Waals surface area contributed by atoms with E-state index < -0.39 is 11.8 Å². The molecule has 0 spiro atoms. The molecule has 30 heavy (non-hydrogen) atoms. The molecule has 0 aromatic heterocycles. The van der Waals surface area contributed by atoms with E-state index in [1.165, 1.54) is 19.2 Å². The van der Waals surface area contributed by atoms with Crippen LogP contribution >= 0.6 is 11.6 Å². The number of rotatable bonds is 5. The first-order valence-electron chi connectivity index (χ1n) is 9.76. The number of hydrogen-bond acceptors (Lipinski definition) is 5. The van der Waals surface area contributed by atoms with Crippen LogP contribution in [0.25, 0.3) is 0 Å². The predicted octanol–water partition coefficient (Wildman–Crippen LogP) is 3.03. The highest BCUT2D eigenvalue weighted by molar-refractivity contribution is 6.30. The molecule has 2 atom stereocenters. The number of nitrogens with zero attached hydrogens (tertiary/aromatic N) is 1. The van der Waals surface area contributed by atoms with E-state index in [9.17, 15) is 9.59 Å². The minimum absolute atomic E-state index is 0.210. The molecule has 2 N–H and O–H groups in total. The molecule has 0 bridgehead atoms. The number of benzene rings is 2. The van der Waals surface area contributed by atoms with Gasteiger partial charge >= 0.3 is 0 Å². The lowest BCUT2D eigenvalue weighted by Gasteiger charge is -2.35. The van der Waals surface area contributed by atoms with Gasteiger partial charge in [-0.1, -0.05) is 23.7 Å². The quantitative estimate of drug-likeness (QED) is 0.711. The van der Waals surface area contributed by atoms with Gasteiger partial charge in [0.25, 0.3) is 11.8 Å². The smallest absolute Gasteiger partial charge is 0.273 e. The highest BCUT2D eigenvalue weighted by Crippen LogP contribution is 2.22. The van der Waals surface area contributed by atoms with Gasteiger partial charge in [-0.05, 0) is 49.7 Å². The van der Waals surface area contributed by atoms with Crippen LogP contribution in [0.3, 0.4) is 0 Å². The van der Waals surface area contributed by atoms with E-state index in [0.29, 0.717) is 16.3 Å². The van der Waals surface area contributed by atoms with Crippen LogP contribution in [0.2, 0.25) is 5.02 Å². The van der Waals surface area contributed by atoms with Crippen LogP contribution in [0.4, 0.5) is 0 Å². The number of hydrogen-bond donors (Lipinski definition) is 2. The standard InChI is InChI=1S/C22H26ClN3O4/c1-14-11-26(12-15(2)30-14)13-16-4-6-17(7-5-16)21(27)24-25-22(28)19-9-8-18(23)10-20(19)29-3/h4-10,14-15H,11-13H2,1-3H3,(H,24,27)(H,25,28). The fraction of sp³-hybridized carbons (Fsp3) is 0.364. The van der Waals surface area contributed by atoms with Crippen molar-refractivity contribution < 1.29 is 19.1 Å². The van der Waals surface area contributed by atoms with Gasteiger partial charge in [0.15, 0.2) is 0 Å². The molecule has 7 nitrogen and oxygen atoms in total. The van der Waals surface area contributed by atoms with Crippen molar-refractivity contribution >= 4 is 23.4 Å². The summed E-state index contributed by atoms with van der Waals surface area (Å²) >= 11 is 5.91. The molecule has 1 aliphatic rings. The highest BCUT2D eigenvalue weighted by Gasteiger charge is 2.22. The van der Waals surface area contributed by atoms with E-state index in [1.807, 2.05) is 12.1 Å². The summed E-state index contributed by atoms with van der Waals surface area (Å²) in [6.45, 7) is 6.71. The van der Waals surface area contributed by atoms with Gasteiger partial charge in [0.2, 0.25) is 0 Å². The third kappa shape index (κ3) is 5.72. The van der Waals surface area contributed by atoms with Gasteiger partial charge in [0.1, 0.15) is 5.75 Å². The number of hydrazine groups is 1. The van der Waals surface area contributed by atoms with E-state index in [1.54, 1.807) is 18.2 Å². The van der Waals surface area contributed by atoms with Crippen LogP contribution in [0.1, 0.15) is 40.1 Å². The van der Waals surface area contributed by atoms with Crippen LogP contribution < -0.4 is 15.6 Å². The molecule has 0 aliphatic carbocycles. The van der Waals surface area contributed by atoms with E-state index in [-0.39, 0.29) is 17.8 Å². The average molecular weight is 432 g/mol. The van der Waals surface area contributed by atoms with Crippen molar-refractivity contribution in [3.63, 3.8) is 0 Å². The van der Waals surface area contributed by atoms with Crippen molar-refractivity contribution in [1.82, 2.24) is 15.8 Å². The first-order chi connectivity index (χ1) is 14.4. The minimum Gasteiger partial charge on any atom is -0.496 e. The van der Waals surface area contributed by atoms with Crippen molar-refractivity contribution in [1.29, 1.82) is 0 Å². The van der Waals surface area contributed by atoms with Gasteiger partial charge < -0.3 is 9.47 Å². The molecule has 8 heteroatoms. The number of halogens is 1. The molecule has 2 unspecified atom stereocenters. The maximum absolute atomic E-state index is 12.4. The van der Waals surface area contributed by atoms with Gasteiger partial charge in [0.05, 0.1) is 24.9 Å². The molecule has 0 saturated carbocycles. The zero-order valence-corrected chi connectivity index (χ0v) is 18.0. The Morgan fingerprint density at radius 3 is 2.33 bits per heavy atom. The summed E-state index contributed by atoms with van der Waals surface area (Å²) < 4.78 is 10.9. The first-order valence-corrected chi connectivity index (χ1v) is 10.1. The zero-order chi connectivity index (χ0) is 21.7. The Hall–Kier alpha value is -2.61. The SMILES string of the molecule is COc1cc(Cl)ccc1C(=O)NNC(=O)c1ccc(CN2CC(C)OC(C)C2)cc1. The number of morpholine rings is 1. The number of nitrogens with one attached hydrogen (secondary N) is 2. The second kappa shape index (κ2) is 9.93. The fourth-order valence-electron chi connectivity index (χ4n) is 3.54. The normalized spacial score (nSPS) is 19.2. The molecule has 0 radical (unpaired) electrons. The molecule has 1 saturated heterocycles. The van der Waals surface area contributed by atoms with Gasteiger partial charge in [-0.25, -0.2) is 0 Å². The predicted molar refractivity (Wildman–Crippen MR) is 115 cm³/mol. The van der Waals surface area contributed by atoms with E-state index in [2.05, 4.69) is 29.6 Å². The van der Waals surface area contributed by atoms with Gasteiger partial charge in [-0.3, -0.25) is 25.3 Å². The Morgan fingerprint density at radius 2 is 1.70 bits per heavy atom. The van der Waals surface area contributed by atoms with Crippen molar-refractivity contribution in [3.05, 3.63) is 64.2 Å². The third-order valence-corrected chi connectivity index (χ3v) is 5.05. The van der Waals surface area contributed by atoms with Crippen LogP contribution in [-0.2, 0) is 11.3 Å². The lowest BCUT2D eigenvalue weighted by molar-refractivity contribution is -0.0704. The summed E-state index contributed by atoms with van der Waals surface area (Å²) in [4.78, 5) is 27.0. The Morgan fingerprint density at radius 1 is 1.07 bits per heavy atom. The van der Waals surface area contributed by atoms with Crippen LogP contribution in [0, 0.1) is 0 Å². The van der Waals surface area contributed by atoms with E-state index in [0.717, 1.165) is 25.2 Å². The second-order valence-electron chi connectivity index (χ2n) is 7.40. The molecular weight excluding hydrogens is 406 g/mol. The summed E-state index contributed by atoms with van der Waals surface area (Å²) in [5.74, 6) is -0.578. The van der Waals surface area contributed by atoms with Gasteiger partial charge in [-0.2, -0.15) is 0 Å². The van der Waals surface area contributed by atoms with Crippen LogP contribution in [0.5, 0.6) is 5.75 Å². The molecule has 2 aromatic carbocycles. The van der Waals surface area contributed by atoms with Crippen molar-refractivity contribution in [2.45, 2.75) is 32.6 Å². The zero-order valence-electron chi connectivity index (χ0n) is 17.3. The van der Waals surface area contributed by atoms with Crippen molar-refractivity contribution in [2.24, 2.45) is 0 Å². The summed E-state index contributed by atoms with van der Waals surface area (Å²) in [7, 11) is 1.45. The second-order valence-corrected chi connectivity index (χ2v) is 7.84. The fourth-order valence-corrected chi connectivity index (χ4v) is 3.70. The summed E-state index contributed by atoms with van der Waals surface area (Å²) in [5.41, 5.74) is 6.65. The Kier molecular flexibility index (Phi) is 7.31. The third-order valence-electron chi connectivity index (χ3n) is 4.82. The minimum atomic E-state index is -0.496. The summed E-state index contributed by atoms with van der Waals surface area (Å²) in [6.07, 6.45) is 0.420. The summed E-state index contributed by atoms with van der Waals surface area (Å²) in [5, 5.41) is 0.452. The topological polar surface area (TPSA) is 79.9 Å². The Balaban J connectivity index is 1.55. The van der Waals surface area contributed by atoms with E-state index >= 15 is 0 Å². The molecule has 1 aliphatic heterocycles. The highest BCUT2D eigenvalue weighted by atomic mass is 35.5. The molecule has 1 heterocycles. The lowest BCUT2D eigenvalue weighted by Crippen LogP contribution is -2.44. The van der Waals surface area contributed by atoms with Crippen molar-refractivity contribution in [2.75, 3.05) is 20.2 Å². The molecule has 2 aromatic rings. The van der Waals surface area contributed by atoms with Crippen LogP contribution in [-0.4, -0.2) is 49.1 Å². The number of amides is 2. The average Bonchev–Trinajstić information content (AvgIpc) is 2.71. The van der Waals surface area contributed by atoms with Gasteiger partial charge in [-0.15, -0.1) is 0 Å². The molecule has 2 amide bonds. The number of methoxy groups -OCH3 is 1. The lowest BCUT2D eigenvalue weighted by atomic mass is 10.1. The maximum atomic E-state index is 12.4. The van der Waals surface area contributed by atoms with Crippen molar-refractivity contribution in [3.8, 4) is 5.75 Å². The Labute approximate surface area is 181 Å². The number of ether oxygens (including phenoxy) is 2. The summed E-state index contributed by atoms with van der Waals surface area (Å²) in [6, 6.07) is 12.0. The molecule has 160 valence electrons. The maximum Gasteiger partial charge on any atom is 0.273 e. The van der Waals surface area contributed by atoms with E-state index in [4.69, 9.17) is 21.1 Å². The largest absolute Gasteiger partial charge is 0.496 e. The van der Waals surface area contributed by atoms with Crippen LogP contribution in [0.15, 0.2) is 42.5 Å². The monoisotopic (exact) mass is 431 g/mol. The molecular formula is C22H26ClN3O4. The van der Waals surface area contributed by atoms with Gasteiger partial charge in [0, 0.05) is 30.2 Å². The number of carbonyl (C=O) groups is 2. The molecule has 3 rings (SSSR count).